The van der Waals surface area contributed by atoms with Crippen molar-refractivity contribution in [3.05, 3.63) is 60.4 Å². The summed E-state index contributed by atoms with van der Waals surface area (Å²) in [4.78, 5) is 2.61. The van der Waals surface area contributed by atoms with Crippen LogP contribution in [0.5, 0.6) is 23.0 Å². The Bertz CT molecular complexity index is 1140. The summed E-state index contributed by atoms with van der Waals surface area (Å²) in [6.07, 6.45) is 2.00. The van der Waals surface area contributed by atoms with Gasteiger partial charge in [0, 0.05) is 41.6 Å². The third kappa shape index (κ3) is 6.02. The van der Waals surface area contributed by atoms with Crippen LogP contribution in [0.1, 0.15) is 41.3 Å². The third-order valence-corrected chi connectivity index (χ3v) is 8.93. The van der Waals surface area contributed by atoms with E-state index in [4.69, 9.17) is 32.9 Å². The van der Waals surface area contributed by atoms with E-state index in [1.54, 1.807) is 14.2 Å². The zero-order chi connectivity index (χ0) is 27.2. The molecule has 0 aliphatic carbocycles. The molecule has 8 nitrogen and oxygen atoms in total. The molecule has 0 radical (unpaired) electrons. The van der Waals surface area contributed by atoms with E-state index in [0.717, 1.165) is 42.4 Å². The van der Waals surface area contributed by atoms with Crippen LogP contribution in [0.3, 0.4) is 0 Å². The number of ether oxygens (including phenoxy) is 4. The van der Waals surface area contributed by atoms with Crippen LogP contribution in [-0.2, 0) is 44.2 Å². The minimum absolute atomic E-state index is 0. The van der Waals surface area contributed by atoms with Gasteiger partial charge in [-0.3, -0.25) is 4.90 Å². The van der Waals surface area contributed by atoms with Crippen molar-refractivity contribution < 1.29 is 50.3 Å². The Morgan fingerprint density at radius 1 is 0.892 bits per heavy atom. The van der Waals surface area contributed by atoms with Crippen molar-refractivity contribution in [2.75, 3.05) is 27.6 Å². The van der Waals surface area contributed by atoms with Crippen molar-refractivity contribution in [3.63, 3.8) is 0 Å². The molecule has 0 bridgehead atoms. The van der Waals surface area contributed by atoms with Gasteiger partial charge in [-0.05, 0) is 53.8 Å². The van der Waals surface area contributed by atoms with Gasteiger partial charge < -0.3 is 18.9 Å². The van der Waals surface area contributed by atoms with Crippen LogP contribution in [0, 0.1) is 20.0 Å². The Labute approximate surface area is 230 Å². The maximum Gasteiger partial charge on any atom is 0 e. The summed E-state index contributed by atoms with van der Waals surface area (Å²) >= 11 is 0. The van der Waals surface area contributed by atoms with E-state index in [1.165, 1.54) is 27.4 Å². The molecule has 0 fully saturated rings. The van der Waals surface area contributed by atoms with Crippen LogP contribution in [0.2, 0.25) is 19.6 Å². The second kappa shape index (κ2) is 13.9. The number of fused-ring (bicyclic) bond motifs is 5. The molecule has 0 saturated carbocycles. The van der Waals surface area contributed by atoms with Gasteiger partial charge in [-0.15, -0.1) is 0 Å². The maximum atomic E-state index is 7.50. The quantitative estimate of drug-likeness (QED) is 0.320. The molecule has 0 N–H and O–H groups in total. The zero-order valence-electron chi connectivity index (χ0n) is 21.9. The normalized spacial score (nSPS) is 18.2. The largest absolute Gasteiger partial charge is 0 e. The molecular formula is C27H31CrNO7Si. The molecule has 0 amide bonds. The molecule has 196 valence electrons. The maximum absolute atomic E-state index is 7.50. The number of rotatable bonds is 3. The topological polar surface area (TPSA) is 99.9 Å². The summed E-state index contributed by atoms with van der Waals surface area (Å²) in [6.45, 7) is 24.3. The molecule has 0 aromatic heterocycles. The second-order valence-corrected chi connectivity index (χ2v) is 14.6. The molecule has 5 rings (SSSR count). The molecule has 3 heterocycles. The molecule has 3 aliphatic rings. The number of hydrogen-bond donors (Lipinski definition) is 0. The molecule has 2 aromatic rings. The van der Waals surface area contributed by atoms with Gasteiger partial charge in [0.15, 0.2) is 23.0 Å². The molecular weight excluding hydrogens is 530 g/mol. The van der Waals surface area contributed by atoms with E-state index in [2.05, 4.69) is 69.6 Å². The summed E-state index contributed by atoms with van der Waals surface area (Å²) in [6, 6.07) is 7.43. The van der Waals surface area contributed by atoms with Crippen molar-refractivity contribution in [2.24, 2.45) is 0 Å². The second-order valence-electron chi connectivity index (χ2n) is 9.60. The average Bonchev–Trinajstić information content (AvgIpc) is 3.37. The predicted molar refractivity (Wildman–Crippen MR) is 132 cm³/mol. The molecule has 3 aliphatic heterocycles. The standard InChI is InChI=1S/C24H31NO4Si.3CO.Cr/c1-14-22-16(11-21(30(4,5)6)23(26-2)24(22)27-3)9-18-17-12-20-19(28-13-29-20)10-15(17)7-8-25(14)18;3*1-2;/h10-12,14,18H,7-9,13H2,1-6H3;;;;/t14-,18-;;;;/m0..../s1. The van der Waals surface area contributed by atoms with E-state index in [-0.39, 0.29) is 23.4 Å². The number of hydrogen-bond acceptors (Lipinski definition) is 5. The molecule has 2 atom stereocenters. The van der Waals surface area contributed by atoms with Crippen molar-refractivity contribution >= 4 is 13.3 Å². The van der Waals surface area contributed by atoms with Crippen molar-refractivity contribution in [3.8, 4) is 23.0 Å². The van der Waals surface area contributed by atoms with Gasteiger partial charge in [0.1, 0.15) is 0 Å². The molecule has 0 spiro atoms. The fourth-order valence-electron chi connectivity index (χ4n) is 5.47. The summed E-state index contributed by atoms with van der Waals surface area (Å²) in [5, 5.41) is 1.34. The molecule has 0 unspecified atom stereocenters. The van der Waals surface area contributed by atoms with E-state index < -0.39 is 8.07 Å². The summed E-state index contributed by atoms with van der Waals surface area (Å²) < 4.78 is 45.7. The first kappa shape index (κ1) is 32.6. The first-order valence-corrected chi connectivity index (χ1v) is 14.9. The Hall–Kier alpha value is -2.43. The van der Waals surface area contributed by atoms with Gasteiger partial charge in [0.2, 0.25) is 6.79 Å². The number of nitrogens with zero attached hydrogens (tertiary/aromatic N) is 1. The van der Waals surface area contributed by atoms with E-state index >= 15 is 0 Å². The van der Waals surface area contributed by atoms with E-state index in [9.17, 15) is 0 Å². The summed E-state index contributed by atoms with van der Waals surface area (Å²) in [5.74, 6) is 3.62. The monoisotopic (exact) mass is 561 g/mol. The van der Waals surface area contributed by atoms with E-state index in [1.807, 2.05) is 0 Å². The summed E-state index contributed by atoms with van der Waals surface area (Å²) in [5.41, 5.74) is 5.45. The van der Waals surface area contributed by atoms with Gasteiger partial charge in [0.25, 0.3) is 0 Å². The van der Waals surface area contributed by atoms with Crippen LogP contribution in [-0.4, -0.2) is 40.5 Å². The molecule has 2 aromatic carbocycles. The van der Waals surface area contributed by atoms with Gasteiger partial charge in [0.05, 0.1) is 22.3 Å². The van der Waals surface area contributed by atoms with Crippen LogP contribution in [0.4, 0.5) is 0 Å². The van der Waals surface area contributed by atoms with Crippen LogP contribution in [0.15, 0.2) is 18.2 Å². The van der Waals surface area contributed by atoms with Gasteiger partial charge >= 0.3 is 33.9 Å². The van der Waals surface area contributed by atoms with Crippen molar-refractivity contribution in [1.82, 2.24) is 4.90 Å². The third-order valence-electron chi connectivity index (χ3n) is 6.94. The average molecular weight is 562 g/mol. The molecule has 37 heavy (non-hydrogen) atoms. The Morgan fingerprint density at radius 3 is 2.00 bits per heavy atom. The van der Waals surface area contributed by atoms with E-state index in [0.29, 0.717) is 12.8 Å². The predicted octanol–water partition coefficient (Wildman–Crippen LogP) is 4.08. The van der Waals surface area contributed by atoms with Gasteiger partial charge in [-0.1, -0.05) is 25.7 Å². The Morgan fingerprint density at radius 2 is 1.46 bits per heavy atom. The van der Waals surface area contributed by atoms with Crippen molar-refractivity contribution in [1.29, 1.82) is 0 Å². The first-order valence-electron chi connectivity index (χ1n) is 11.4. The van der Waals surface area contributed by atoms with Crippen molar-refractivity contribution in [2.45, 2.75) is 51.5 Å². The van der Waals surface area contributed by atoms with Crippen LogP contribution < -0.4 is 24.1 Å². The minimum Gasteiger partial charge on any atom is 0 e. The Balaban J connectivity index is 0.000000914. The number of benzene rings is 2. The van der Waals surface area contributed by atoms with Crippen LogP contribution in [0.25, 0.3) is 0 Å². The fraction of sp³-hybridized carbons (Fsp3) is 0.444. The molecule has 10 heteroatoms. The smallest absolute Gasteiger partial charge is 0 e. The molecule has 0 saturated heterocycles. The Kier molecular flexibility index (Phi) is 12.3. The fourth-order valence-corrected chi connectivity index (χ4v) is 6.98. The zero-order valence-corrected chi connectivity index (χ0v) is 24.2. The SMILES string of the molecule is COc1c([Si](C)(C)C)cc2c(c1OC)[C@H](C)N1CCc3cc4c(cc3[C@@H]1C2)OCO4.[C-]#[O+].[C-]#[O+].[C-]#[O+].[Cr]. The summed E-state index contributed by atoms with van der Waals surface area (Å²) in [7, 11) is 1.93. The van der Waals surface area contributed by atoms with Gasteiger partial charge in [-0.25, -0.2) is 0 Å². The minimum atomic E-state index is -1.61. The van der Waals surface area contributed by atoms with Crippen LogP contribution >= 0.6 is 0 Å². The van der Waals surface area contributed by atoms with Gasteiger partial charge in [-0.2, -0.15) is 0 Å². The first-order chi connectivity index (χ1) is 17.3. The number of methoxy groups -OCH3 is 2.